The summed E-state index contributed by atoms with van der Waals surface area (Å²) < 4.78 is 2.01. The molecule has 1 heterocycles. The topological polar surface area (TPSA) is 31.9 Å². The number of para-hydroxylation sites is 3. The lowest BCUT2D eigenvalue weighted by Crippen LogP contribution is -2.12. The monoisotopic (exact) mass is 441 g/mol. The predicted molar refractivity (Wildman–Crippen MR) is 106 cm³/mol. The van der Waals surface area contributed by atoms with Crippen molar-refractivity contribution in [2.75, 3.05) is 4.90 Å². The average Bonchev–Trinajstić information content (AvgIpc) is 3.03. The zero-order chi connectivity index (χ0) is 16.5. The van der Waals surface area contributed by atoms with Crippen molar-refractivity contribution in [3.63, 3.8) is 0 Å². The molecule has 0 unspecified atom stereocenters. The summed E-state index contributed by atoms with van der Waals surface area (Å²) in [4.78, 5) is 10.3. The summed E-state index contributed by atoms with van der Waals surface area (Å²) >= 11 is 7.23. The normalized spacial score (nSPS) is 10.9. The van der Waals surface area contributed by atoms with E-state index >= 15 is 0 Å². The lowest BCUT2D eigenvalue weighted by Gasteiger charge is -2.23. The van der Waals surface area contributed by atoms with E-state index in [1.165, 1.54) is 0 Å². The first-order valence-electron chi connectivity index (χ1n) is 7.47. The average molecular weight is 443 g/mol. The highest BCUT2D eigenvalue weighted by Crippen LogP contribution is 2.39. The van der Waals surface area contributed by atoms with Gasteiger partial charge >= 0.3 is 0 Å². The van der Waals surface area contributed by atoms with Crippen molar-refractivity contribution in [2.45, 2.75) is 0 Å². The minimum atomic E-state index is 0.779. The van der Waals surface area contributed by atoms with Crippen LogP contribution < -0.4 is 4.90 Å². The Kier molecular flexibility index (Phi) is 4.12. The fourth-order valence-corrected chi connectivity index (χ4v) is 3.43. The molecule has 0 spiro atoms. The second-order valence-corrected chi connectivity index (χ2v) is 7.11. The number of benzene rings is 3. The van der Waals surface area contributed by atoms with Crippen molar-refractivity contribution in [1.29, 1.82) is 0 Å². The van der Waals surface area contributed by atoms with Crippen molar-refractivity contribution >= 4 is 60.2 Å². The van der Waals surface area contributed by atoms with Crippen LogP contribution in [0.25, 0.3) is 11.0 Å². The maximum atomic E-state index is 4.77. The number of rotatable bonds is 3. The summed E-state index contributed by atoms with van der Waals surface area (Å²) in [6.45, 7) is 0. The van der Waals surface area contributed by atoms with Crippen molar-refractivity contribution in [3.05, 3.63) is 81.7 Å². The second kappa shape index (κ2) is 6.42. The van der Waals surface area contributed by atoms with E-state index in [1.807, 2.05) is 54.6 Å². The third kappa shape index (κ3) is 2.85. The predicted octanol–water partition coefficient (Wildman–Crippen LogP) is 6.56. The van der Waals surface area contributed by atoms with Gasteiger partial charge in [-0.15, -0.1) is 0 Å². The summed E-state index contributed by atoms with van der Waals surface area (Å²) in [5.41, 5.74) is 4.00. The summed E-state index contributed by atoms with van der Waals surface area (Å²) in [5.74, 6) is 0.779. The number of nitrogens with zero attached hydrogens (tertiary/aromatic N) is 2. The molecule has 0 atom stereocenters. The van der Waals surface area contributed by atoms with Crippen LogP contribution in [0.2, 0.25) is 0 Å². The lowest BCUT2D eigenvalue weighted by molar-refractivity contribution is 1.15. The first-order chi connectivity index (χ1) is 11.7. The molecule has 3 nitrogen and oxygen atoms in total. The highest BCUT2D eigenvalue weighted by atomic mass is 79.9. The Bertz CT molecular complexity index is 963. The maximum absolute atomic E-state index is 4.77. The summed E-state index contributed by atoms with van der Waals surface area (Å²) in [6, 6.07) is 24.4. The highest BCUT2D eigenvalue weighted by Gasteiger charge is 2.18. The van der Waals surface area contributed by atoms with E-state index in [0.717, 1.165) is 37.3 Å². The van der Waals surface area contributed by atoms with E-state index in [0.29, 0.717) is 0 Å². The molecule has 0 saturated carbocycles. The number of imidazole rings is 1. The Morgan fingerprint density at radius 1 is 0.833 bits per heavy atom. The number of hydrogen-bond acceptors (Lipinski definition) is 2. The summed E-state index contributed by atoms with van der Waals surface area (Å²) in [6.07, 6.45) is 0. The van der Waals surface area contributed by atoms with Crippen molar-refractivity contribution in [1.82, 2.24) is 9.97 Å². The second-order valence-electron chi connectivity index (χ2n) is 5.34. The molecule has 4 rings (SSSR count). The van der Waals surface area contributed by atoms with Gasteiger partial charge in [-0.3, -0.25) is 4.90 Å². The standard InChI is InChI=1S/C19H13Br2N3/c20-13-10-11-15(21)18(12-13)24(14-6-2-1-3-7-14)19-22-16-8-4-5-9-17(16)23-19/h1-12H,(H,22,23). The van der Waals surface area contributed by atoms with Crippen LogP contribution in [0.15, 0.2) is 81.7 Å². The molecule has 1 N–H and O–H groups in total. The van der Waals surface area contributed by atoms with Crippen LogP contribution in [0.3, 0.4) is 0 Å². The van der Waals surface area contributed by atoms with Gasteiger partial charge in [0.15, 0.2) is 0 Å². The van der Waals surface area contributed by atoms with Gasteiger partial charge in [0.2, 0.25) is 5.95 Å². The fourth-order valence-electron chi connectivity index (χ4n) is 2.65. The molecule has 3 aromatic carbocycles. The smallest absolute Gasteiger partial charge is 0.213 e. The first kappa shape index (κ1) is 15.4. The molecule has 1 aromatic heterocycles. The Balaban J connectivity index is 1.95. The summed E-state index contributed by atoms with van der Waals surface area (Å²) in [5, 5.41) is 0. The van der Waals surface area contributed by atoms with E-state index in [4.69, 9.17) is 4.98 Å². The molecule has 0 saturated heterocycles. The minimum Gasteiger partial charge on any atom is -0.323 e. The number of fused-ring (bicyclic) bond motifs is 1. The molecular weight excluding hydrogens is 430 g/mol. The largest absolute Gasteiger partial charge is 0.323 e. The van der Waals surface area contributed by atoms with Crippen LogP contribution in [0.4, 0.5) is 17.3 Å². The van der Waals surface area contributed by atoms with Gasteiger partial charge in [0.25, 0.3) is 0 Å². The molecule has 24 heavy (non-hydrogen) atoms. The van der Waals surface area contributed by atoms with Crippen molar-refractivity contribution < 1.29 is 0 Å². The van der Waals surface area contributed by atoms with E-state index in [9.17, 15) is 0 Å². The van der Waals surface area contributed by atoms with Gasteiger partial charge in [0, 0.05) is 14.6 Å². The Labute approximate surface area is 156 Å². The first-order valence-corrected chi connectivity index (χ1v) is 9.06. The molecule has 0 aliphatic heterocycles. The molecule has 5 heteroatoms. The number of aromatic nitrogens is 2. The fraction of sp³-hybridized carbons (Fsp3) is 0. The molecule has 118 valence electrons. The Hall–Kier alpha value is -2.11. The van der Waals surface area contributed by atoms with Crippen molar-refractivity contribution in [2.24, 2.45) is 0 Å². The molecular formula is C19H13Br2N3. The third-order valence-corrected chi connectivity index (χ3v) is 4.92. The van der Waals surface area contributed by atoms with Crippen LogP contribution in [0, 0.1) is 0 Å². The van der Waals surface area contributed by atoms with E-state index in [-0.39, 0.29) is 0 Å². The number of nitrogens with one attached hydrogen (secondary N) is 1. The molecule has 0 amide bonds. The van der Waals surface area contributed by atoms with E-state index < -0.39 is 0 Å². The number of anilines is 3. The SMILES string of the molecule is Brc1ccc(Br)c(N(c2ccccc2)c2nc3ccccc3[nH]2)c1. The lowest BCUT2D eigenvalue weighted by atomic mass is 10.2. The molecule has 0 bridgehead atoms. The Morgan fingerprint density at radius 2 is 1.58 bits per heavy atom. The van der Waals surface area contributed by atoms with Crippen LogP contribution in [0.5, 0.6) is 0 Å². The van der Waals surface area contributed by atoms with Crippen LogP contribution in [-0.2, 0) is 0 Å². The van der Waals surface area contributed by atoms with Gasteiger partial charge in [-0.2, -0.15) is 0 Å². The van der Waals surface area contributed by atoms with Gasteiger partial charge in [-0.25, -0.2) is 4.98 Å². The van der Waals surface area contributed by atoms with Gasteiger partial charge in [-0.1, -0.05) is 46.3 Å². The number of hydrogen-bond donors (Lipinski definition) is 1. The zero-order valence-electron chi connectivity index (χ0n) is 12.6. The molecule has 0 aliphatic rings. The van der Waals surface area contributed by atoms with Gasteiger partial charge in [0.1, 0.15) is 0 Å². The van der Waals surface area contributed by atoms with Gasteiger partial charge < -0.3 is 4.98 Å². The van der Waals surface area contributed by atoms with Crippen LogP contribution in [0.1, 0.15) is 0 Å². The molecule has 0 fully saturated rings. The number of H-pyrrole nitrogens is 1. The summed E-state index contributed by atoms with van der Waals surface area (Å²) in [7, 11) is 0. The maximum Gasteiger partial charge on any atom is 0.213 e. The van der Waals surface area contributed by atoms with Crippen LogP contribution >= 0.6 is 31.9 Å². The van der Waals surface area contributed by atoms with E-state index in [1.54, 1.807) is 0 Å². The van der Waals surface area contributed by atoms with E-state index in [2.05, 4.69) is 59.9 Å². The Morgan fingerprint density at radius 3 is 2.38 bits per heavy atom. The molecule has 4 aromatic rings. The minimum absolute atomic E-state index is 0.779. The quantitative estimate of drug-likeness (QED) is 0.389. The van der Waals surface area contributed by atoms with Crippen molar-refractivity contribution in [3.8, 4) is 0 Å². The third-order valence-electron chi connectivity index (χ3n) is 3.75. The van der Waals surface area contributed by atoms with Gasteiger partial charge in [0.05, 0.1) is 16.7 Å². The zero-order valence-corrected chi connectivity index (χ0v) is 15.8. The number of aromatic amines is 1. The molecule has 0 aliphatic carbocycles. The highest BCUT2D eigenvalue weighted by molar-refractivity contribution is 9.11. The number of halogens is 2. The molecule has 0 radical (unpaired) electrons. The van der Waals surface area contributed by atoms with Crippen LogP contribution in [-0.4, -0.2) is 9.97 Å². The van der Waals surface area contributed by atoms with Gasteiger partial charge in [-0.05, 0) is 58.4 Å².